The Labute approximate surface area is 168 Å². The molecule has 28 heavy (non-hydrogen) atoms. The summed E-state index contributed by atoms with van der Waals surface area (Å²) in [5.74, 6) is -2.34. The Morgan fingerprint density at radius 2 is 1.11 bits per heavy atom. The monoisotopic (exact) mass is 408 g/mol. The number of amides is 4. The third kappa shape index (κ3) is 4.27. The van der Waals surface area contributed by atoms with Crippen LogP contribution in [-0.4, -0.2) is 34.7 Å². The lowest BCUT2D eigenvalue weighted by Crippen LogP contribution is -2.61. The van der Waals surface area contributed by atoms with E-state index in [2.05, 4.69) is 21.3 Å². The van der Waals surface area contributed by atoms with Gasteiger partial charge in [0, 0.05) is 5.02 Å². The van der Waals surface area contributed by atoms with Gasteiger partial charge >= 0.3 is 0 Å². The Hall–Kier alpha value is -2.61. The first kappa shape index (κ1) is 21.7. The standard InChI is InChI=1S/C19H25ClN4O4/c1-17(2)13(25)23-18(3,4)15(27)21-11-8-7-10(20)9-12(11)22-16(28)19(5,6)24-14(17)26/h7-9H,1-6H3,(H,21,27)(H,22,28)(H,23,25)(H,24,26). The van der Waals surface area contributed by atoms with Crippen molar-refractivity contribution in [1.29, 1.82) is 0 Å². The number of benzene rings is 1. The maximum Gasteiger partial charge on any atom is 0.249 e. The van der Waals surface area contributed by atoms with Gasteiger partial charge in [-0.25, -0.2) is 0 Å². The molecule has 1 heterocycles. The van der Waals surface area contributed by atoms with E-state index >= 15 is 0 Å². The van der Waals surface area contributed by atoms with Gasteiger partial charge in [-0.3, -0.25) is 19.2 Å². The van der Waals surface area contributed by atoms with Gasteiger partial charge < -0.3 is 21.3 Å². The molecule has 152 valence electrons. The van der Waals surface area contributed by atoms with Crippen LogP contribution in [0, 0.1) is 5.41 Å². The van der Waals surface area contributed by atoms with E-state index in [9.17, 15) is 19.2 Å². The van der Waals surface area contributed by atoms with Gasteiger partial charge in [-0.1, -0.05) is 11.6 Å². The average molecular weight is 409 g/mol. The molecule has 0 saturated heterocycles. The van der Waals surface area contributed by atoms with Gasteiger partial charge in [0.2, 0.25) is 23.6 Å². The van der Waals surface area contributed by atoms with Crippen molar-refractivity contribution in [1.82, 2.24) is 10.6 Å². The summed E-state index contributed by atoms with van der Waals surface area (Å²) in [6.45, 7) is 8.92. The number of anilines is 2. The molecule has 1 aliphatic heterocycles. The Morgan fingerprint density at radius 3 is 1.57 bits per heavy atom. The number of carbonyl (C=O) groups is 4. The summed E-state index contributed by atoms with van der Waals surface area (Å²) in [4.78, 5) is 51.0. The minimum Gasteiger partial charge on any atom is -0.341 e. The van der Waals surface area contributed by atoms with Crippen LogP contribution in [0.25, 0.3) is 0 Å². The Kier molecular flexibility index (Phi) is 5.49. The summed E-state index contributed by atoms with van der Waals surface area (Å²) >= 11 is 6.03. The number of nitrogens with one attached hydrogen (secondary N) is 4. The van der Waals surface area contributed by atoms with Gasteiger partial charge in [0.25, 0.3) is 0 Å². The molecule has 8 nitrogen and oxygen atoms in total. The molecule has 0 fully saturated rings. The molecule has 1 aliphatic rings. The largest absolute Gasteiger partial charge is 0.341 e. The summed E-state index contributed by atoms with van der Waals surface area (Å²) in [5, 5.41) is 10.9. The fourth-order valence-corrected chi connectivity index (χ4v) is 2.55. The first-order chi connectivity index (χ1) is 12.7. The molecule has 4 N–H and O–H groups in total. The zero-order valence-corrected chi connectivity index (χ0v) is 17.5. The highest BCUT2D eigenvalue weighted by atomic mass is 35.5. The van der Waals surface area contributed by atoms with E-state index in [1.165, 1.54) is 47.6 Å². The van der Waals surface area contributed by atoms with E-state index in [-0.39, 0.29) is 5.69 Å². The van der Waals surface area contributed by atoms with Crippen molar-refractivity contribution in [3.8, 4) is 0 Å². The van der Waals surface area contributed by atoms with Crippen LogP contribution in [0.3, 0.4) is 0 Å². The van der Waals surface area contributed by atoms with Gasteiger partial charge in [-0.15, -0.1) is 0 Å². The fourth-order valence-electron chi connectivity index (χ4n) is 2.38. The average Bonchev–Trinajstić information content (AvgIpc) is 2.55. The van der Waals surface area contributed by atoms with E-state index in [4.69, 9.17) is 11.6 Å². The van der Waals surface area contributed by atoms with Crippen molar-refractivity contribution in [2.45, 2.75) is 52.6 Å². The lowest BCUT2D eigenvalue weighted by Gasteiger charge is -2.32. The molecule has 0 aromatic heterocycles. The number of rotatable bonds is 0. The quantitative estimate of drug-likeness (QED) is 0.491. The lowest BCUT2D eigenvalue weighted by molar-refractivity contribution is -0.145. The molecule has 1 aromatic rings. The van der Waals surface area contributed by atoms with Crippen LogP contribution in [0.5, 0.6) is 0 Å². The molecule has 2 rings (SSSR count). The lowest BCUT2D eigenvalue weighted by atomic mass is 9.88. The molecule has 0 aliphatic carbocycles. The maximum atomic E-state index is 12.8. The van der Waals surface area contributed by atoms with E-state index in [0.29, 0.717) is 10.7 Å². The van der Waals surface area contributed by atoms with Crippen LogP contribution in [0.2, 0.25) is 5.02 Å². The summed E-state index contributed by atoms with van der Waals surface area (Å²) in [7, 11) is 0. The zero-order valence-electron chi connectivity index (χ0n) is 16.7. The zero-order chi connectivity index (χ0) is 21.5. The van der Waals surface area contributed by atoms with Gasteiger partial charge in [-0.2, -0.15) is 0 Å². The molecule has 0 spiro atoms. The second-order valence-corrected chi connectivity index (χ2v) is 8.82. The second-order valence-electron chi connectivity index (χ2n) is 8.38. The molecule has 4 amide bonds. The molecule has 0 bridgehead atoms. The Morgan fingerprint density at radius 1 is 0.679 bits per heavy atom. The first-order valence-corrected chi connectivity index (χ1v) is 9.12. The van der Waals surface area contributed by atoms with Gasteiger partial charge in [0.1, 0.15) is 16.5 Å². The molecule has 0 saturated carbocycles. The minimum atomic E-state index is -1.51. The van der Waals surface area contributed by atoms with Crippen molar-refractivity contribution in [3.05, 3.63) is 23.2 Å². The highest BCUT2D eigenvalue weighted by Crippen LogP contribution is 2.28. The van der Waals surface area contributed by atoms with Gasteiger partial charge in [0.15, 0.2) is 0 Å². The van der Waals surface area contributed by atoms with Gasteiger partial charge in [0.05, 0.1) is 11.4 Å². The normalized spacial score (nSPS) is 21.5. The fraction of sp³-hybridized carbons (Fsp3) is 0.474. The van der Waals surface area contributed by atoms with Crippen molar-refractivity contribution in [2.24, 2.45) is 5.41 Å². The van der Waals surface area contributed by atoms with Crippen LogP contribution < -0.4 is 21.3 Å². The van der Waals surface area contributed by atoms with Gasteiger partial charge in [-0.05, 0) is 59.7 Å². The molecule has 0 radical (unpaired) electrons. The number of fused-ring (bicyclic) bond motifs is 1. The third-order valence-corrected chi connectivity index (χ3v) is 4.84. The molecular formula is C19H25ClN4O4. The minimum absolute atomic E-state index is 0.272. The maximum absolute atomic E-state index is 12.8. The Bertz CT molecular complexity index is 861. The SMILES string of the molecule is CC1(C)NC(=O)C(C)(C)C(=O)NC(C)(C)C(=O)Nc2cc(Cl)ccc2NC1=O. The summed E-state index contributed by atoms with van der Waals surface area (Å²) in [6.07, 6.45) is 0. The first-order valence-electron chi connectivity index (χ1n) is 8.74. The molecule has 9 heteroatoms. The van der Waals surface area contributed by atoms with Crippen molar-refractivity contribution >= 4 is 46.6 Å². The Balaban J connectivity index is 2.58. The van der Waals surface area contributed by atoms with Crippen LogP contribution >= 0.6 is 11.6 Å². The van der Waals surface area contributed by atoms with Crippen LogP contribution in [0.15, 0.2) is 18.2 Å². The number of carbonyl (C=O) groups excluding carboxylic acids is 4. The highest BCUT2D eigenvalue weighted by molar-refractivity contribution is 6.31. The summed E-state index contributed by atoms with van der Waals surface area (Å²) in [5.41, 5.74) is -3.58. The number of hydrogen-bond donors (Lipinski definition) is 4. The molecule has 0 unspecified atom stereocenters. The second kappa shape index (κ2) is 7.09. The van der Waals surface area contributed by atoms with Crippen LogP contribution in [-0.2, 0) is 19.2 Å². The summed E-state index contributed by atoms with van der Waals surface area (Å²) < 4.78 is 0. The van der Waals surface area contributed by atoms with E-state index < -0.39 is 40.1 Å². The van der Waals surface area contributed by atoms with Crippen LogP contribution in [0.4, 0.5) is 11.4 Å². The summed E-state index contributed by atoms with van der Waals surface area (Å²) in [6, 6.07) is 4.59. The number of hydrogen-bond acceptors (Lipinski definition) is 4. The van der Waals surface area contributed by atoms with Crippen LogP contribution in [0.1, 0.15) is 41.5 Å². The predicted molar refractivity (Wildman–Crippen MR) is 107 cm³/mol. The van der Waals surface area contributed by atoms with Crippen molar-refractivity contribution in [2.75, 3.05) is 10.6 Å². The molecule has 1 aromatic carbocycles. The molecule has 0 atom stereocenters. The molecular weight excluding hydrogens is 384 g/mol. The van der Waals surface area contributed by atoms with E-state index in [1.807, 2.05) is 0 Å². The van der Waals surface area contributed by atoms with E-state index in [1.54, 1.807) is 12.1 Å². The smallest absolute Gasteiger partial charge is 0.249 e. The third-order valence-electron chi connectivity index (χ3n) is 4.60. The predicted octanol–water partition coefficient (Wildman–Crippen LogP) is 2.05. The highest BCUT2D eigenvalue weighted by Gasteiger charge is 2.44. The number of halogens is 1. The van der Waals surface area contributed by atoms with Crippen molar-refractivity contribution in [3.63, 3.8) is 0 Å². The van der Waals surface area contributed by atoms with Crippen molar-refractivity contribution < 1.29 is 19.2 Å². The van der Waals surface area contributed by atoms with E-state index in [0.717, 1.165) is 0 Å². The topological polar surface area (TPSA) is 116 Å².